The molecule has 1 fully saturated rings. The number of aromatic nitrogens is 2. The zero-order valence-electron chi connectivity index (χ0n) is 17.0. The SMILES string of the molecule is NS(=O)(=O)c1cc(NC(=O)c2nc3ccccc3cc2N2CCCC(F)(F)CC2)ccn1. The molecule has 168 valence electrons. The molecule has 1 aliphatic rings. The standard InChI is InChI=1S/C21H21F2N5O3S/c22-21(23)7-3-10-28(11-8-21)17-12-14-4-1-2-5-16(14)27-19(17)20(29)26-15-6-9-25-18(13-15)32(24,30)31/h1-2,4-6,9,12-13H,3,7-8,10-11H2,(H2,24,30,31)(H,25,26,29). The van der Waals surface area contributed by atoms with E-state index in [0.717, 1.165) is 11.5 Å². The fourth-order valence-corrected chi connectivity index (χ4v) is 4.15. The molecule has 4 rings (SSSR count). The molecule has 0 radical (unpaired) electrons. The molecule has 1 saturated heterocycles. The predicted octanol–water partition coefficient (Wildman–Crippen LogP) is 3.16. The average Bonchev–Trinajstić information content (AvgIpc) is 2.92. The molecule has 3 aromatic rings. The topological polar surface area (TPSA) is 118 Å². The number of halogens is 2. The number of nitrogens with zero attached hydrogens (tertiary/aromatic N) is 3. The maximum Gasteiger partial charge on any atom is 0.276 e. The van der Waals surface area contributed by atoms with Crippen molar-refractivity contribution in [1.82, 2.24) is 9.97 Å². The molecular formula is C21H21F2N5O3S. The van der Waals surface area contributed by atoms with E-state index in [1.165, 1.54) is 12.3 Å². The van der Waals surface area contributed by atoms with E-state index in [-0.39, 0.29) is 37.2 Å². The maximum absolute atomic E-state index is 13.9. The summed E-state index contributed by atoms with van der Waals surface area (Å²) in [6.07, 6.45) is 0.965. The van der Waals surface area contributed by atoms with Gasteiger partial charge in [0, 0.05) is 49.3 Å². The number of fused-ring (bicyclic) bond motifs is 1. The van der Waals surface area contributed by atoms with Crippen LogP contribution in [0.4, 0.5) is 20.2 Å². The lowest BCUT2D eigenvalue weighted by Crippen LogP contribution is -2.29. The van der Waals surface area contributed by atoms with Gasteiger partial charge in [-0.15, -0.1) is 0 Å². The molecule has 0 saturated carbocycles. The molecule has 1 aromatic carbocycles. The van der Waals surface area contributed by atoms with Crippen LogP contribution in [-0.4, -0.2) is 43.3 Å². The Morgan fingerprint density at radius 2 is 1.91 bits per heavy atom. The molecule has 1 aliphatic heterocycles. The summed E-state index contributed by atoms with van der Waals surface area (Å²) in [7, 11) is -4.05. The molecule has 3 N–H and O–H groups in total. The first kappa shape index (κ1) is 22.0. The van der Waals surface area contributed by atoms with E-state index in [4.69, 9.17) is 5.14 Å². The fraction of sp³-hybridized carbons (Fsp3) is 0.286. The van der Waals surface area contributed by atoms with Crippen LogP contribution in [0.1, 0.15) is 29.8 Å². The van der Waals surface area contributed by atoms with Crippen molar-refractivity contribution in [2.75, 3.05) is 23.3 Å². The lowest BCUT2D eigenvalue weighted by Gasteiger charge is -2.25. The molecule has 0 unspecified atom stereocenters. The van der Waals surface area contributed by atoms with Gasteiger partial charge in [0.15, 0.2) is 10.7 Å². The number of pyridine rings is 2. The number of hydrogen-bond donors (Lipinski definition) is 2. The number of carbonyl (C=O) groups is 1. The Labute approximate surface area is 183 Å². The van der Waals surface area contributed by atoms with Crippen LogP contribution < -0.4 is 15.4 Å². The molecule has 8 nitrogen and oxygen atoms in total. The smallest absolute Gasteiger partial charge is 0.276 e. The lowest BCUT2D eigenvalue weighted by atomic mass is 10.1. The molecule has 11 heteroatoms. The monoisotopic (exact) mass is 461 g/mol. The highest BCUT2D eigenvalue weighted by Crippen LogP contribution is 2.32. The second-order valence-corrected chi connectivity index (χ2v) is 9.14. The van der Waals surface area contributed by atoms with E-state index in [9.17, 15) is 22.0 Å². The van der Waals surface area contributed by atoms with Gasteiger partial charge in [0.05, 0.1) is 11.2 Å². The van der Waals surface area contributed by atoms with Crippen LogP contribution in [0.2, 0.25) is 0 Å². The Morgan fingerprint density at radius 1 is 1.12 bits per heavy atom. The summed E-state index contributed by atoms with van der Waals surface area (Å²) in [6, 6.07) is 11.5. The van der Waals surface area contributed by atoms with Crippen LogP contribution in [0.5, 0.6) is 0 Å². The summed E-state index contributed by atoms with van der Waals surface area (Å²) < 4.78 is 50.9. The highest BCUT2D eigenvalue weighted by Gasteiger charge is 2.33. The fourth-order valence-electron chi connectivity index (χ4n) is 3.65. The van der Waals surface area contributed by atoms with Crippen molar-refractivity contribution in [3.63, 3.8) is 0 Å². The molecule has 3 heterocycles. The van der Waals surface area contributed by atoms with E-state index in [1.807, 2.05) is 12.1 Å². The second kappa shape index (κ2) is 8.40. The minimum atomic E-state index is -4.05. The average molecular weight is 461 g/mol. The molecule has 32 heavy (non-hydrogen) atoms. The number of para-hydroxylation sites is 1. The third kappa shape index (κ3) is 4.83. The first-order chi connectivity index (χ1) is 15.1. The number of amides is 1. The first-order valence-electron chi connectivity index (χ1n) is 9.95. The summed E-state index contributed by atoms with van der Waals surface area (Å²) >= 11 is 0. The summed E-state index contributed by atoms with van der Waals surface area (Å²) in [6.45, 7) is 0.443. The Kier molecular flexibility index (Phi) is 5.78. The molecule has 0 spiro atoms. The van der Waals surface area contributed by atoms with Crippen LogP contribution in [0, 0.1) is 0 Å². The summed E-state index contributed by atoms with van der Waals surface area (Å²) in [5.74, 6) is -3.35. The van der Waals surface area contributed by atoms with Gasteiger partial charge in [-0.05, 0) is 24.6 Å². The van der Waals surface area contributed by atoms with Gasteiger partial charge in [0.1, 0.15) is 0 Å². The van der Waals surface area contributed by atoms with E-state index in [0.29, 0.717) is 17.7 Å². The highest BCUT2D eigenvalue weighted by molar-refractivity contribution is 7.89. The van der Waals surface area contributed by atoms with Gasteiger partial charge in [0.25, 0.3) is 15.9 Å². The normalized spacial score (nSPS) is 16.5. The Balaban J connectivity index is 1.72. The minimum Gasteiger partial charge on any atom is -0.369 e. The van der Waals surface area contributed by atoms with Crippen molar-refractivity contribution < 1.29 is 22.0 Å². The third-order valence-electron chi connectivity index (χ3n) is 5.26. The van der Waals surface area contributed by atoms with Crippen LogP contribution >= 0.6 is 0 Å². The van der Waals surface area contributed by atoms with E-state index in [1.54, 1.807) is 23.1 Å². The largest absolute Gasteiger partial charge is 0.369 e. The van der Waals surface area contributed by atoms with Crippen molar-refractivity contribution >= 4 is 38.2 Å². The third-order valence-corrected chi connectivity index (χ3v) is 6.07. The highest BCUT2D eigenvalue weighted by atomic mass is 32.2. The second-order valence-electron chi connectivity index (χ2n) is 7.63. The molecular weight excluding hydrogens is 440 g/mol. The summed E-state index contributed by atoms with van der Waals surface area (Å²) in [5, 5.41) is 8.10. The van der Waals surface area contributed by atoms with E-state index >= 15 is 0 Å². The number of hydrogen-bond acceptors (Lipinski definition) is 6. The van der Waals surface area contributed by atoms with Crippen LogP contribution in [0.25, 0.3) is 10.9 Å². The zero-order valence-corrected chi connectivity index (χ0v) is 17.8. The van der Waals surface area contributed by atoms with Gasteiger partial charge in [0.2, 0.25) is 5.92 Å². The van der Waals surface area contributed by atoms with Gasteiger partial charge < -0.3 is 10.2 Å². The number of alkyl halides is 2. The Morgan fingerprint density at radius 3 is 2.69 bits per heavy atom. The first-order valence-corrected chi connectivity index (χ1v) is 11.5. The molecule has 1 amide bonds. The summed E-state index contributed by atoms with van der Waals surface area (Å²) in [4.78, 5) is 23.1. The summed E-state index contributed by atoms with van der Waals surface area (Å²) in [5.41, 5.74) is 1.24. The van der Waals surface area contributed by atoms with Crippen molar-refractivity contribution in [2.45, 2.75) is 30.2 Å². The zero-order chi connectivity index (χ0) is 22.9. The lowest BCUT2D eigenvalue weighted by molar-refractivity contribution is -0.0102. The Hall–Kier alpha value is -3.18. The number of primary sulfonamides is 1. The number of carbonyl (C=O) groups excluding carboxylic acids is 1. The number of nitrogens with one attached hydrogen (secondary N) is 1. The van der Waals surface area contributed by atoms with Gasteiger partial charge in [-0.25, -0.2) is 32.3 Å². The number of nitrogens with two attached hydrogens (primary N) is 1. The number of rotatable bonds is 4. The number of benzene rings is 1. The molecule has 0 aliphatic carbocycles. The maximum atomic E-state index is 13.9. The van der Waals surface area contributed by atoms with Crippen molar-refractivity contribution in [3.8, 4) is 0 Å². The number of anilines is 2. The van der Waals surface area contributed by atoms with Gasteiger partial charge in [-0.2, -0.15) is 0 Å². The van der Waals surface area contributed by atoms with Crippen LogP contribution in [-0.2, 0) is 10.0 Å². The Bertz CT molecular complexity index is 1280. The molecule has 0 atom stereocenters. The van der Waals surface area contributed by atoms with E-state index in [2.05, 4.69) is 15.3 Å². The minimum absolute atomic E-state index is 0.0582. The molecule has 2 aromatic heterocycles. The van der Waals surface area contributed by atoms with Gasteiger partial charge in [-0.3, -0.25) is 4.79 Å². The van der Waals surface area contributed by atoms with E-state index < -0.39 is 26.9 Å². The van der Waals surface area contributed by atoms with Crippen molar-refractivity contribution in [2.24, 2.45) is 5.14 Å². The van der Waals surface area contributed by atoms with Gasteiger partial charge >= 0.3 is 0 Å². The quantitative estimate of drug-likeness (QED) is 0.616. The van der Waals surface area contributed by atoms with Crippen molar-refractivity contribution in [1.29, 1.82) is 0 Å². The van der Waals surface area contributed by atoms with Crippen molar-refractivity contribution in [3.05, 3.63) is 54.4 Å². The van der Waals surface area contributed by atoms with Crippen LogP contribution in [0.3, 0.4) is 0 Å². The molecule has 0 bridgehead atoms. The van der Waals surface area contributed by atoms with Gasteiger partial charge in [-0.1, -0.05) is 18.2 Å². The number of sulfonamides is 1. The predicted molar refractivity (Wildman–Crippen MR) is 116 cm³/mol. The van der Waals surface area contributed by atoms with Crippen LogP contribution in [0.15, 0.2) is 53.7 Å².